The van der Waals surface area contributed by atoms with Gasteiger partial charge < -0.3 is 10.6 Å². The van der Waals surface area contributed by atoms with Crippen molar-refractivity contribution in [2.24, 2.45) is 11.7 Å². The molecule has 0 aromatic carbocycles. The number of aromatic nitrogens is 3. The highest BCUT2D eigenvalue weighted by Crippen LogP contribution is 2.27. The van der Waals surface area contributed by atoms with Crippen LogP contribution in [0.5, 0.6) is 0 Å². The maximum absolute atomic E-state index is 11.3. The Morgan fingerprint density at radius 2 is 2.44 bits per heavy atom. The van der Waals surface area contributed by atoms with Crippen LogP contribution in [-0.2, 0) is 4.79 Å². The van der Waals surface area contributed by atoms with Crippen molar-refractivity contribution in [1.82, 2.24) is 14.6 Å². The van der Waals surface area contributed by atoms with Crippen LogP contribution < -0.4 is 10.6 Å². The fraction of sp³-hybridized carbons (Fsp3) is 0.545. The Morgan fingerprint density at radius 1 is 1.61 bits per heavy atom. The molecule has 1 fully saturated rings. The summed E-state index contributed by atoms with van der Waals surface area (Å²) >= 11 is 1.55. The van der Waals surface area contributed by atoms with Crippen LogP contribution in [0.2, 0.25) is 0 Å². The molecule has 7 heteroatoms. The van der Waals surface area contributed by atoms with Gasteiger partial charge in [0, 0.05) is 13.1 Å². The minimum Gasteiger partial charge on any atom is -0.369 e. The van der Waals surface area contributed by atoms with E-state index in [1.165, 1.54) is 0 Å². The molecule has 0 bridgehead atoms. The standard InChI is InChI=1S/C11H15N5OS/c1-7-5-16-10(13-7)18-11(14-16)15-4-2-3-8(6-15)9(12)17/h5,8H,2-4,6H2,1H3,(H2,12,17). The van der Waals surface area contributed by atoms with E-state index in [9.17, 15) is 4.79 Å². The smallest absolute Gasteiger partial charge is 0.222 e. The zero-order chi connectivity index (χ0) is 12.7. The molecule has 96 valence electrons. The first-order valence-electron chi connectivity index (χ1n) is 6.00. The molecule has 6 nitrogen and oxygen atoms in total. The molecule has 2 aromatic heterocycles. The summed E-state index contributed by atoms with van der Waals surface area (Å²) in [7, 11) is 0. The predicted octanol–water partition coefficient (Wildman–Crippen LogP) is 0.801. The van der Waals surface area contributed by atoms with Crippen molar-refractivity contribution in [2.45, 2.75) is 19.8 Å². The third kappa shape index (κ3) is 1.94. The SMILES string of the molecule is Cc1cn2nc(N3CCCC(C(N)=O)C3)sc2n1. The highest BCUT2D eigenvalue weighted by atomic mass is 32.1. The molecular formula is C11H15N5OS. The second-order valence-corrected chi connectivity index (χ2v) is 5.62. The van der Waals surface area contributed by atoms with Crippen LogP contribution >= 0.6 is 11.3 Å². The number of amides is 1. The summed E-state index contributed by atoms with van der Waals surface area (Å²) in [6.07, 6.45) is 3.77. The number of imidazole rings is 1. The summed E-state index contributed by atoms with van der Waals surface area (Å²) in [5.41, 5.74) is 6.35. The van der Waals surface area contributed by atoms with E-state index in [2.05, 4.69) is 15.0 Å². The monoisotopic (exact) mass is 265 g/mol. The zero-order valence-corrected chi connectivity index (χ0v) is 11.0. The Hall–Kier alpha value is -1.63. The number of hydrogen-bond acceptors (Lipinski definition) is 5. The van der Waals surface area contributed by atoms with E-state index in [1.807, 2.05) is 13.1 Å². The van der Waals surface area contributed by atoms with Gasteiger partial charge in [-0.15, -0.1) is 5.10 Å². The van der Waals surface area contributed by atoms with Crippen molar-refractivity contribution < 1.29 is 4.79 Å². The highest BCUT2D eigenvalue weighted by Gasteiger charge is 2.26. The molecule has 0 spiro atoms. The van der Waals surface area contributed by atoms with Crippen LogP contribution in [0.3, 0.4) is 0 Å². The van der Waals surface area contributed by atoms with E-state index in [1.54, 1.807) is 15.9 Å². The number of rotatable bonds is 2. The largest absolute Gasteiger partial charge is 0.369 e. The number of primary amides is 1. The molecule has 2 N–H and O–H groups in total. The molecule has 3 rings (SSSR count). The second-order valence-electron chi connectivity index (χ2n) is 4.68. The molecule has 1 aliphatic rings. The van der Waals surface area contributed by atoms with Crippen molar-refractivity contribution in [3.63, 3.8) is 0 Å². The number of fused-ring (bicyclic) bond motifs is 1. The second kappa shape index (κ2) is 4.24. The van der Waals surface area contributed by atoms with Crippen LogP contribution in [0.15, 0.2) is 6.20 Å². The van der Waals surface area contributed by atoms with E-state index < -0.39 is 0 Å². The first-order valence-corrected chi connectivity index (χ1v) is 6.82. The Morgan fingerprint density at radius 3 is 3.17 bits per heavy atom. The highest BCUT2D eigenvalue weighted by molar-refractivity contribution is 7.20. The quantitative estimate of drug-likeness (QED) is 0.871. The number of nitrogens with two attached hydrogens (primary N) is 1. The minimum atomic E-state index is -0.211. The Balaban J connectivity index is 1.84. The maximum Gasteiger partial charge on any atom is 0.222 e. The fourth-order valence-electron chi connectivity index (χ4n) is 2.31. The fourth-order valence-corrected chi connectivity index (χ4v) is 3.27. The van der Waals surface area contributed by atoms with E-state index >= 15 is 0 Å². The molecular weight excluding hydrogens is 250 g/mol. The van der Waals surface area contributed by atoms with Crippen LogP contribution in [-0.4, -0.2) is 33.6 Å². The van der Waals surface area contributed by atoms with Gasteiger partial charge in [-0.2, -0.15) is 0 Å². The lowest BCUT2D eigenvalue weighted by molar-refractivity contribution is -0.122. The molecule has 1 aliphatic heterocycles. The van der Waals surface area contributed by atoms with Crippen molar-refractivity contribution in [3.05, 3.63) is 11.9 Å². The number of carbonyl (C=O) groups is 1. The summed E-state index contributed by atoms with van der Waals surface area (Å²) in [6.45, 7) is 3.55. The average molecular weight is 265 g/mol. The predicted molar refractivity (Wildman–Crippen MR) is 69.7 cm³/mol. The van der Waals surface area contributed by atoms with E-state index in [0.717, 1.165) is 35.2 Å². The van der Waals surface area contributed by atoms with E-state index in [4.69, 9.17) is 5.73 Å². The van der Waals surface area contributed by atoms with Crippen LogP contribution in [0.25, 0.3) is 4.96 Å². The molecule has 1 unspecified atom stereocenters. The van der Waals surface area contributed by atoms with Crippen molar-refractivity contribution >= 4 is 27.3 Å². The Bertz CT molecular complexity index is 558. The Labute approximate surface area is 108 Å². The average Bonchev–Trinajstić information content (AvgIpc) is 2.86. The summed E-state index contributed by atoms with van der Waals surface area (Å²) in [4.78, 5) is 18.7. The van der Waals surface area contributed by atoms with Gasteiger partial charge in [-0.3, -0.25) is 4.79 Å². The molecule has 1 amide bonds. The molecule has 0 saturated carbocycles. The first-order chi connectivity index (χ1) is 8.63. The van der Waals surface area contributed by atoms with Crippen LogP contribution in [0.4, 0.5) is 5.13 Å². The lowest BCUT2D eigenvalue weighted by Crippen LogP contribution is -2.41. The molecule has 0 radical (unpaired) electrons. The molecule has 18 heavy (non-hydrogen) atoms. The normalized spacial score (nSPS) is 20.5. The van der Waals surface area contributed by atoms with Crippen LogP contribution in [0, 0.1) is 12.8 Å². The van der Waals surface area contributed by atoms with Crippen molar-refractivity contribution in [1.29, 1.82) is 0 Å². The number of aryl methyl sites for hydroxylation is 1. The number of anilines is 1. The van der Waals surface area contributed by atoms with Gasteiger partial charge in [0.25, 0.3) is 0 Å². The molecule has 2 aromatic rings. The van der Waals surface area contributed by atoms with Crippen LogP contribution in [0.1, 0.15) is 18.5 Å². The van der Waals surface area contributed by atoms with Gasteiger partial charge in [-0.25, -0.2) is 9.50 Å². The van der Waals surface area contributed by atoms with E-state index in [0.29, 0.717) is 6.54 Å². The number of hydrogen-bond donors (Lipinski definition) is 1. The first kappa shape index (κ1) is 11.5. The number of nitrogens with zero attached hydrogens (tertiary/aromatic N) is 4. The molecule has 3 heterocycles. The van der Waals surface area contributed by atoms with Crippen molar-refractivity contribution in [2.75, 3.05) is 18.0 Å². The van der Waals surface area contributed by atoms with Crippen molar-refractivity contribution in [3.8, 4) is 0 Å². The topological polar surface area (TPSA) is 76.5 Å². The summed E-state index contributed by atoms with van der Waals surface area (Å²) < 4.78 is 1.79. The maximum atomic E-state index is 11.3. The van der Waals surface area contributed by atoms with Gasteiger partial charge in [0.05, 0.1) is 17.8 Å². The van der Waals surface area contributed by atoms with E-state index in [-0.39, 0.29) is 11.8 Å². The van der Waals surface area contributed by atoms with Gasteiger partial charge in [0.1, 0.15) is 0 Å². The molecule has 1 atom stereocenters. The lowest BCUT2D eigenvalue weighted by atomic mass is 9.98. The van der Waals surface area contributed by atoms with Gasteiger partial charge in [-0.1, -0.05) is 11.3 Å². The summed E-state index contributed by atoms with van der Waals surface area (Å²) in [5, 5.41) is 5.42. The molecule has 1 saturated heterocycles. The summed E-state index contributed by atoms with van der Waals surface area (Å²) in [6, 6.07) is 0. The third-order valence-electron chi connectivity index (χ3n) is 3.25. The molecule has 0 aliphatic carbocycles. The van der Waals surface area contributed by atoms with Gasteiger partial charge in [0.2, 0.25) is 16.0 Å². The third-order valence-corrected chi connectivity index (χ3v) is 4.23. The minimum absolute atomic E-state index is 0.0586. The number of carbonyl (C=O) groups excluding carboxylic acids is 1. The summed E-state index contributed by atoms with van der Waals surface area (Å²) in [5.74, 6) is -0.270. The van der Waals surface area contributed by atoms with Gasteiger partial charge in [-0.05, 0) is 19.8 Å². The van der Waals surface area contributed by atoms with Gasteiger partial charge in [0.15, 0.2) is 0 Å². The Kier molecular flexibility index (Phi) is 2.70. The van der Waals surface area contributed by atoms with Gasteiger partial charge >= 0.3 is 0 Å². The zero-order valence-electron chi connectivity index (χ0n) is 10.2. The number of piperidine rings is 1. The lowest BCUT2D eigenvalue weighted by Gasteiger charge is -2.30.